The standard InChI is InChI=1S/C11H17ClS/c1-2-3-4-5-7-10(12)11-8-6-9-13-11/h6,8-10H,2-5,7H2,1H3. The molecule has 74 valence electrons. The van der Waals surface area contributed by atoms with Gasteiger partial charge in [0, 0.05) is 4.88 Å². The summed E-state index contributed by atoms with van der Waals surface area (Å²) >= 11 is 8.00. The number of unbranched alkanes of at least 4 members (excludes halogenated alkanes) is 3. The first-order valence-corrected chi connectivity index (χ1v) is 6.33. The van der Waals surface area contributed by atoms with Crippen molar-refractivity contribution in [1.29, 1.82) is 0 Å². The van der Waals surface area contributed by atoms with E-state index in [4.69, 9.17) is 11.6 Å². The molecular weight excluding hydrogens is 200 g/mol. The van der Waals surface area contributed by atoms with E-state index in [0.717, 1.165) is 6.42 Å². The lowest BCUT2D eigenvalue weighted by molar-refractivity contribution is 0.626. The fourth-order valence-electron chi connectivity index (χ4n) is 1.36. The van der Waals surface area contributed by atoms with Gasteiger partial charge in [0.25, 0.3) is 0 Å². The Morgan fingerprint density at radius 2 is 2.23 bits per heavy atom. The van der Waals surface area contributed by atoms with Gasteiger partial charge in [-0.2, -0.15) is 0 Å². The van der Waals surface area contributed by atoms with Crippen LogP contribution in [0.5, 0.6) is 0 Å². The van der Waals surface area contributed by atoms with Crippen molar-refractivity contribution < 1.29 is 0 Å². The average molecular weight is 217 g/mol. The lowest BCUT2D eigenvalue weighted by Gasteiger charge is -2.05. The first kappa shape index (κ1) is 11.1. The summed E-state index contributed by atoms with van der Waals surface area (Å²) in [6, 6.07) is 4.20. The molecule has 1 aromatic heterocycles. The highest BCUT2D eigenvalue weighted by atomic mass is 35.5. The Hall–Kier alpha value is -0.0100. The molecule has 0 aliphatic heterocycles. The number of hydrogen-bond acceptors (Lipinski definition) is 1. The van der Waals surface area contributed by atoms with Crippen molar-refractivity contribution in [2.75, 3.05) is 0 Å². The minimum atomic E-state index is 0.247. The molecule has 0 spiro atoms. The molecule has 0 fully saturated rings. The van der Waals surface area contributed by atoms with Gasteiger partial charge in [-0.25, -0.2) is 0 Å². The van der Waals surface area contributed by atoms with E-state index in [1.165, 1.54) is 30.6 Å². The highest BCUT2D eigenvalue weighted by Crippen LogP contribution is 2.29. The molecule has 0 saturated carbocycles. The summed E-state index contributed by atoms with van der Waals surface area (Å²) in [5.74, 6) is 0. The molecule has 1 rings (SSSR count). The molecule has 1 aromatic rings. The zero-order valence-electron chi connectivity index (χ0n) is 8.13. The number of alkyl halides is 1. The van der Waals surface area contributed by atoms with Gasteiger partial charge in [-0.05, 0) is 17.9 Å². The van der Waals surface area contributed by atoms with Crippen LogP contribution in [0, 0.1) is 0 Å². The Balaban J connectivity index is 2.15. The SMILES string of the molecule is CCCCCCC(Cl)c1cccs1. The smallest absolute Gasteiger partial charge is 0.0678 e. The van der Waals surface area contributed by atoms with E-state index in [1.54, 1.807) is 11.3 Å². The van der Waals surface area contributed by atoms with Crippen LogP contribution in [0.15, 0.2) is 17.5 Å². The maximum atomic E-state index is 6.24. The number of hydrogen-bond donors (Lipinski definition) is 0. The predicted octanol–water partition coefficient (Wildman–Crippen LogP) is 5.00. The molecule has 0 aliphatic rings. The quantitative estimate of drug-likeness (QED) is 0.464. The molecule has 2 heteroatoms. The van der Waals surface area contributed by atoms with Gasteiger partial charge in [0.05, 0.1) is 5.38 Å². The Kier molecular flexibility index (Phi) is 5.49. The van der Waals surface area contributed by atoms with Gasteiger partial charge < -0.3 is 0 Å². The zero-order chi connectivity index (χ0) is 9.52. The van der Waals surface area contributed by atoms with Gasteiger partial charge in [0.1, 0.15) is 0 Å². The fraction of sp³-hybridized carbons (Fsp3) is 0.636. The van der Waals surface area contributed by atoms with Gasteiger partial charge in [-0.15, -0.1) is 22.9 Å². The molecule has 1 unspecified atom stereocenters. The lowest BCUT2D eigenvalue weighted by Crippen LogP contribution is -1.86. The summed E-state index contributed by atoms with van der Waals surface area (Å²) in [6.07, 6.45) is 6.35. The molecule has 0 bridgehead atoms. The number of thiophene rings is 1. The number of rotatable bonds is 6. The maximum absolute atomic E-state index is 6.24. The highest BCUT2D eigenvalue weighted by Gasteiger charge is 2.07. The minimum absolute atomic E-state index is 0.247. The molecule has 0 aromatic carbocycles. The summed E-state index contributed by atoms with van der Waals surface area (Å²) in [6.45, 7) is 2.23. The van der Waals surface area contributed by atoms with Crippen LogP contribution >= 0.6 is 22.9 Å². The Bertz CT molecular complexity index is 206. The monoisotopic (exact) mass is 216 g/mol. The van der Waals surface area contributed by atoms with Gasteiger partial charge in [0.2, 0.25) is 0 Å². The lowest BCUT2D eigenvalue weighted by atomic mass is 10.1. The van der Waals surface area contributed by atoms with E-state index in [0.29, 0.717) is 0 Å². The average Bonchev–Trinajstić information content (AvgIpc) is 2.65. The van der Waals surface area contributed by atoms with Crippen molar-refractivity contribution >= 4 is 22.9 Å². The molecule has 0 radical (unpaired) electrons. The van der Waals surface area contributed by atoms with Crippen molar-refractivity contribution in [1.82, 2.24) is 0 Å². The van der Waals surface area contributed by atoms with E-state index >= 15 is 0 Å². The Labute approximate surface area is 89.9 Å². The Morgan fingerprint density at radius 1 is 1.38 bits per heavy atom. The second-order valence-electron chi connectivity index (χ2n) is 3.33. The third-order valence-electron chi connectivity index (χ3n) is 2.16. The first-order chi connectivity index (χ1) is 6.34. The molecular formula is C11H17ClS. The van der Waals surface area contributed by atoms with Crippen LogP contribution in [0.25, 0.3) is 0 Å². The summed E-state index contributed by atoms with van der Waals surface area (Å²) in [4.78, 5) is 1.32. The summed E-state index contributed by atoms with van der Waals surface area (Å²) in [5.41, 5.74) is 0. The van der Waals surface area contributed by atoms with Crippen LogP contribution in [0.3, 0.4) is 0 Å². The molecule has 0 amide bonds. The van der Waals surface area contributed by atoms with Crippen molar-refractivity contribution in [3.05, 3.63) is 22.4 Å². The van der Waals surface area contributed by atoms with Crippen molar-refractivity contribution in [3.8, 4) is 0 Å². The summed E-state index contributed by atoms with van der Waals surface area (Å²) < 4.78 is 0. The van der Waals surface area contributed by atoms with Crippen molar-refractivity contribution in [3.63, 3.8) is 0 Å². The van der Waals surface area contributed by atoms with E-state index < -0.39 is 0 Å². The predicted molar refractivity (Wildman–Crippen MR) is 61.7 cm³/mol. The molecule has 0 aliphatic carbocycles. The summed E-state index contributed by atoms with van der Waals surface area (Å²) in [5, 5.41) is 2.34. The van der Waals surface area contributed by atoms with Crippen LogP contribution in [0.2, 0.25) is 0 Å². The van der Waals surface area contributed by atoms with E-state index in [-0.39, 0.29) is 5.38 Å². The largest absolute Gasteiger partial charge is 0.147 e. The van der Waals surface area contributed by atoms with E-state index in [9.17, 15) is 0 Å². The van der Waals surface area contributed by atoms with Crippen LogP contribution in [0.4, 0.5) is 0 Å². The van der Waals surface area contributed by atoms with E-state index in [1.807, 2.05) is 0 Å². The van der Waals surface area contributed by atoms with Crippen LogP contribution in [0.1, 0.15) is 49.3 Å². The Morgan fingerprint density at radius 3 is 2.85 bits per heavy atom. The first-order valence-electron chi connectivity index (χ1n) is 5.02. The van der Waals surface area contributed by atoms with Gasteiger partial charge in [-0.1, -0.05) is 38.7 Å². The fourth-order valence-corrected chi connectivity index (χ4v) is 2.48. The topological polar surface area (TPSA) is 0 Å². The van der Waals surface area contributed by atoms with Crippen LogP contribution < -0.4 is 0 Å². The van der Waals surface area contributed by atoms with Gasteiger partial charge in [0.15, 0.2) is 0 Å². The van der Waals surface area contributed by atoms with Crippen LogP contribution in [-0.2, 0) is 0 Å². The van der Waals surface area contributed by atoms with Gasteiger partial charge >= 0.3 is 0 Å². The summed E-state index contributed by atoms with van der Waals surface area (Å²) in [7, 11) is 0. The zero-order valence-corrected chi connectivity index (χ0v) is 9.70. The third kappa shape index (κ3) is 4.15. The normalized spacial score (nSPS) is 13.1. The van der Waals surface area contributed by atoms with Crippen LogP contribution in [-0.4, -0.2) is 0 Å². The molecule has 13 heavy (non-hydrogen) atoms. The number of halogens is 1. The molecule has 1 heterocycles. The molecule has 0 saturated heterocycles. The van der Waals surface area contributed by atoms with Crippen molar-refractivity contribution in [2.24, 2.45) is 0 Å². The maximum Gasteiger partial charge on any atom is 0.0678 e. The molecule has 0 nitrogen and oxygen atoms in total. The highest BCUT2D eigenvalue weighted by molar-refractivity contribution is 7.10. The van der Waals surface area contributed by atoms with E-state index in [2.05, 4.69) is 24.4 Å². The second-order valence-corrected chi connectivity index (χ2v) is 4.84. The minimum Gasteiger partial charge on any atom is -0.147 e. The second kappa shape index (κ2) is 6.44. The van der Waals surface area contributed by atoms with Gasteiger partial charge in [-0.3, -0.25) is 0 Å². The molecule has 1 atom stereocenters. The van der Waals surface area contributed by atoms with Crippen molar-refractivity contribution in [2.45, 2.75) is 44.4 Å². The third-order valence-corrected chi connectivity index (χ3v) is 3.73. The molecule has 0 N–H and O–H groups in total.